The van der Waals surface area contributed by atoms with Crippen LogP contribution in [0.5, 0.6) is 0 Å². The molecule has 2 fully saturated rings. The topological polar surface area (TPSA) is 58.6 Å². The lowest BCUT2D eigenvalue weighted by Gasteiger charge is -2.41. The Morgan fingerprint density at radius 1 is 1.36 bits per heavy atom. The van der Waals surface area contributed by atoms with Gasteiger partial charge in [0, 0.05) is 18.1 Å². The number of likely N-dealkylation sites (tertiary alicyclic amines) is 1. The maximum atomic E-state index is 13.1. The van der Waals surface area contributed by atoms with Gasteiger partial charge in [-0.15, -0.1) is 0 Å². The molecule has 2 atom stereocenters. The second-order valence-corrected chi connectivity index (χ2v) is 7.70. The summed E-state index contributed by atoms with van der Waals surface area (Å²) in [5, 5.41) is 3.40. The van der Waals surface area contributed by atoms with E-state index in [4.69, 9.17) is 16.3 Å². The number of nitrogens with one attached hydrogen (secondary N) is 1. The fourth-order valence-electron chi connectivity index (χ4n) is 3.53. The molecule has 0 bridgehead atoms. The summed E-state index contributed by atoms with van der Waals surface area (Å²) in [5.74, 6) is -0.297. The molecule has 2 aliphatic rings. The minimum absolute atomic E-state index is 0.0666. The first-order valence-corrected chi connectivity index (χ1v) is 9.25. The van der Waals surface area contributed by atoms with Gasteiger partial charge in [-0.3, -0.25) is 9.59 Å². The highest BCUT2D eigenvalue weighted by Gasteiger charge is 2.41. The summed E-state index contributed by atoms with van der Waals surface area (Å²) in [7, 11) is 0. The highest BCUT2D eigenvalue weighted by molar-refractivity contribution is 6.31. The summed E-state index contributed by atoms with van der Waals surface area (Å²) in [5.41, 5.74) is 1.02. The lowest BCUT2D eigenvalue weighted by Crippen LogP contribution is -2.55. The molecule has 2 saturated heterocycles. The van der Waals surface area contributed by atoms with E-state index >= 15 is 0 Å². The van der Waals surface area contributed by atoms with Crippen molar-refractivity contribution >= 4 is 23.4 Å². The summed E-state index contributed by atoms with van der Waals surface area (Å²) >= 11 is 6.29. The fourth-order valence-corrected chi connectivity index (χ4v) is 3.79. The van der Waals surface area contributed by atoms with Crippen molar-refractivity contribution < 1.29 is 14.3 Å². The van der Waals surface area contributed by atoms with Gasteiger partial charge in [-0.05, 0) is 29.9 Å². The third kappa shape index (κ3) is 3.82. The van der Waals surface area contributed by atoms with Gasteiger partial charge in [-0.2, -0.15) is 0 Å². The van der Waals surface area contributed by atoms with Crippen LogP contribution in [0.4, 0.5) is 0 Å². The Hall–Kier alpha value is -1.59. The summed E-state index contributed by atoms with van der Waals surface area (Å²) in [6, 6.07) is 6.70. The molecule has 136 valence electrons. The molecule has 6 heteroatoms. The first kappa shape index (κ1) is 18.2. The van der Waals surface area contributed by atoms with Gasteiger partial charge in [-0.25, -0.2) is 0 Å². The van der Waals surface area contributed by atoms with Gasteiger partial charge in [0.1, 0.15) is 6.61 Å². The van der Waals surface area contributed by atoms with Crippen LogP contribution in [0.2, 0.25) is 5.02 Å². The quantitative estimate of drug-likeness (QED) is 0.897. The van der Waals surface area contributed by atoms with Crippen LogP contribution >= 0.6 is 11.6 Å². The van der Waals surface area contributed by atoms with Gasteiger partial charge in [0.25, 0.3) is 5.91 Å². The molecule has 0 spiro atoms. The molecule has 0 aliphatic carbocycles. The molecule has 0 radical (unpaired) electrons. The Morgan fingerprint density at radius 3 is 2.68 bits per heavy atom. The number of rotatable bonds is 3. The smallest absolute Gasteiger partial charge is 0.254 e. The second kappa shape index (κ2) is 7.34. The first-order valence-electron chi connectivity index (χ1n) is 8.88. The molecule has 1 N–H and O–H groups in total. The van der Waals surface area contributed by atoms with Crippen LogP contribution in [0.15, 0.2) is 24.3 Å². The van der Waals surface area contributed by atoms with E-state index < -0.39 is 12.1 Å². The van der Waals surface area contributed by atoms with Gasteiger partial charge in [0.05, 0.1) is 6.04 Å². The normalized spacial score (nSPS) is 26.2. The molecule has 1 aromatic carbocycles. The standard InChI is InChI=1S/C19H25ClN2O3/c1-3-19(2)8-10-22(11-9-19)18(24)17-16(21-15(23)12-25-17)13-6-4-5-7-14(13)20/h4-7,16-17H,3,8-12H2,1-2H3,(H,21,23)/t16-,17+/m1/s1. The van der Waals surface area contributed by atoms with Crippen molar-refractivity contribution in [2.24, 2.45) is 5.41 Å². The minimum atomic E-state index is -0.733. The van der Waals surface area contributed by atoms with Crippen molar-refractivity contribution in [2.75, 3.05) is 19.7 Å². The van der Waals surface area contributed by atoms with E-state index in [0.717, 1.165) is 32.4 Å². The summed E-state index contributed by atoms with van der Waals surface area (Å²) in [6.07, 6.45) is 2.37. The molecule has 0 aromatic heterocycles. The summed E-state index contributed by atoms with van der Waals surface area (Å²) in [6.45, 7) is 5.83. The van der Waals surface area contributed by atoms with Gasteiger partial charge < -0.3 is 15.0 Å². The lowest BCUT2D eigenvalue weighted by atomic mass is 9.78. The molecular weight excluding hydrogens is 340 g/mol. The van der Waals surface area contributed by atoms with Gasteiger partial charge >= 0.3 is 0 Å². The molecule has 2 heterocycles. The van der Waals surface area contributed by atoms with E-state index in [1.807, 2.05) is 23.1 Å². The van der Waals surface area contributed by atoms with E-state index in [1.54, 1.807) is 6.07 Å². The molecule has 5 nitrogen and oxygen atoms in total. The van der Waals surface area contributed by atoms with E-state index in [2.05, 4.69) is 19.2 Å². The lowest BCUT2D eigenvalue weighted by molar-refractivity contribution is -0.156. The number of morpholine rings is 1. The molecule has 2 amide bonds. The van der Waals surface area contributed by atoms with E-state index in [1.165, 1.54) is 0 Å². The number of piperidine rings is 1. The Morgan fingerprint density at radius 2 is 2.04 bits per heavy atom. The number of hydrogen-bond acceptors (Lipinski definition) is 3. The maximum absolute atomic E-state index is 13.1. The van der Waals surface area contributed by atoms with E-state index in [9.17, 15) is 9.59 Å². The molecule has 3 rings (SSSR count). The van der Waals surface area contributed by atoms with Crippen LogP contribution in [-0.2, 0) is 14.3 Å². The molecule has 2 aliphatic heterocycles. The Labute approximate surface area is 153 Å². The molecular formula is C19H25ClN2O3. The third-order valence-corrected chi connectivity index (χ3v) is 5.98. The number of hydrogen-bond donors (Lipinski definition) is 1. The van der Waals surface area contributed by atoms with Crippen LogP contribution in [0.3, 0.4) is 0 Å². The Balaban J connectivity index is 1.78. The van der Waals surface area contributed by atoms with E-state index in [0.29, 0.717) is 16.0 Å². The predicted octanol–water partition coefficient (Wildman–Crippen LogP) is 2.93. The monoisotopic (exact) mass is 364 g/mol. The zero-order valence-corrected chi connectivity index (χ0v) is 15.5. The summed E-state index contributed by atoms with van der Waals surface area (Å²) in [4.78, 5) is 26.7. The van der Waals surface area contributed by atoms with Crippen molar-refractivity contribution in [1.82, 2.24) is 10.2 Å². The molecule has 0 unspecified atom stereocenters. The van der Waals surface area contributed by atoms with Crippen LogP contribution < -0.4 is 5.32 Å². The number of amides is 2. The van der Waals surface area contributed by atoms with Crippen molar-refractivity contribution in [3.8, 4) is 0 Å². The Kier molecular flexibility index (Phi) is 5.35. The maximum Gasteiger partial charge on any atom is 0.254 e. The van der Waals surface area contributed by atoms with Crippen molar-refractivity contribution in [3.05, 3.63) is 34.9 Å². The first-order chi connectivity index (χ1) is 11.9. The second-order valence-electron chi connectivity index (χ2n) is 7.29. The van der Waals surface area contributed by atoms with Gasteiger partial charge in [0.2, 0.25) is 5.91 Å². The zero-order valence-electron chi connectivity index (χ0n) is 14.8. The minimum Gasteiger partial charge on any atom is -0.356 e. The number of benzene rings is 1. The number of nitrogens with zero attached hydrogens (tertiary/aromatic N) is 1. The van der Waals surface area contributed by atoms with Gasteiger partial charge in [-0.1, -0.05) is 50.1 Å². The number of carbonyl (C=O) groups excluding carboxylic acids is 2. The zero-order chi connectivity index (χ0) is 18.0. The van der Waals surface area contributed by atoms with E-state index in [-0.39, 0.29) is 18.4 Å². The number of carbonyl (C=O) groups is 2. The van der Waals surface area contributed by atoms with Crippen molar-refractivity contribution in [3.63, 3.8) is 0 Å². The van der Waals surface area contributed by atoms with Crippen LogP contribution in [0.1, 0.15) is 44.7 Å². The van der Waals surface area contributed by atoms with Crippen LogP contribution in [0.25, 0.3) is 0 Å². The predicted molar refractivity (Wildman–Crippen MR) is 96.3 cm³/mol. The number of ether oxygens (including phenoxy) is 1. The molecule has 0 saturated carbocycles. The van der Waals surface area contributed by atoms with Crippen molar-refractivity contribution in [2.45, 2.75) is 45.3 Å². The molecule has 25 heavy (non-hydrogen) atoms. The van der Waals surface area contributed by atoms with Crippen LogP contribution in [0, 0.1) is 5.41 Å². The third-order valence-electron chi connectivity index (χ3n) is 5.63. The SMILES string of the molecule is CCC1(C)CCN(C(=O)[C@H]2OCC(=O)N[C@@H]2c2ccccc2Cl)CC1. The number of halogens is 1. The van der Waals surface area contributed by atoms with Crippen molar-refractivity contribution in [1.29, 1.82) is 0 Å². The highest BCUT2D eigenvalue weighted by atomic mass is 35.5. The average molecular weight is 365 g/mol. The van der Waals surface area contributed by atoms with Gasteiger partial charge in [0.15, 0.2) is 6.10 Å². The molecule has 1 aromatic rings. The average Bonchev–Trinajstić information content (AvgIpc) is 2.62. The highest BCUT2D eigenvalue weighted by Crippen LogP contribution is 2.35. The Bertz CT molecular complexity index is 656. The fraction of sp³-hybridized carbons (Fsp3) is 0.579. The largest absolute Gasteiger partial charge is 0.356 e. The van der Waals surface area contributed by atoms with Crippen LogP contribution in [-0.4, -0.2) is 42.5 Å². The summed E-state index contributed by atoms with van der Waals surface area (Å²) < 4.78 is 5.64.